The van der Waals surface area contributed by atoms with Crippen LogP contribution in [0, 0.1) is 6.92 Å². The first-order chi connectivity index (χ1) is 11.3. The fourth-order valence-electron chi connectivity index (χ4n) is 2.02. The van der Waals surface area contributed by atoms with Gasteiger partial charge in [0.25, 0.3) is 0 Å². The fourth-order valence-corrected chi connectivity index (χ4v) is 3.32. The van der Waals surface area contributed by atoms with Gasteiger partial charge < -0.3 is 5.32 Å². The molecule has 0 saturated carbocycles. The molecule has 1 aromatic carbocycles. The number of benzene rings is 1. The molecule has 0 saturated heterocycles. The molecule has 2 aromatic heterocycles. The molecule has 0 bridgehead atoms. The van der Waals surface area contributed by atoms with Gasteiger partial charge in [-0.25, -0.2) is 13.4 Å². The van der Waals surface area contributed by atoms with Crippen LogP contribution in [0.2, 0.25) is 0 Å². The van der Waals surface area contributed by atoms with Crippen molar-refractivity contribution in [3.8, 4) is 11.3 Å². The quantitative estimate of drug-likeness (QED) is 0.780. The lowest BCUT2D eigenvalue weighted by atomic mass is 10.2. The predicted molar refractivity (Wildman–Crippen MR) is 92.9 cm³/mol. The molecule has 7 heteroatoms. The van der Waals surface area contributed by atoms with Crippen LogP contribution in [0.15, 0.2) is 52.8 Å². The lowest BCUT2D eigenvalue weighted by Gasteiger charge is -2.04. The van der Waals surface area contributed by atoms with Crippen LogP contribution in [0.4, 0.5) is 10.8 Å². The second kappa shape index (κ2) is 6.10. The van der Waals surface area contributed by atoms with E-state index in [-0.39, 0.29) is 4.90 Å². The van der Waals surface area contributed by atoms with Gasteiger partial charge in [0.1, 0.15) is 0 Å². The largest absolute Gasteiger partial charge is 0.332 e. The van der Waals surface area contributed by atoms with Crippen LogP contribution in [0.3, 0.4) is 0 Å². The predicted octanol–water partition coefficient (Wildman–Crippen LogP) is 3.66. The second-order valence-electron chi connectivity index (χ2n) is 5.08. The lowest BCUT2D eigenvalue weighted by Crippen LogP contribution is -1.97. The first kappa shape index (κ1) is 14.3. The average Bonchev–Trinajstić information content (AvgIpc) is 2.87. The number of hydrogen-bond donors (Lipinski definition) is 1. The number of thiazole rings is 1. The number of aryl methyl sites for hydroxylation is 1. The van der Waals surface area contributed by atoms with E-state index >= 15 is 0 Å². The minimum atomic E-state index is -3.21. The van der Waals surface area contributed by atoms with E-state index < -0.39 is 9.84 Å². The minimum Gasteiger partial charge on any atom is -0.332 e. The Morgan fingerprint density at radius 2 is 1.96 bits per heavy atom. The van der Waals surface area contributed by atoms with E-state index in [0.717, 1.165) is 11.3 Å². The number of aromatic nitrogens is 2. The Bertz CT molecular complexity index is 983. The van der Waals surface area contributed by atoms with E-state index in [1.54, 1.807) is 30.5 Å². The van der Waals surface area contributed by atoms with Crippen LogP contribution < -0.4 is 5.32 Å². The van der Waals surface area contributed by atoms with Crippen molar-refractivity contribution in [2.75, 3.05) is 11.6 Å². The summed E-state index contributed by atoms with van der Waals surface area (Å²) in [6.45, 7) is 1.89. The highest BCUT2D eigenvalue weighted by atomic mass is 32.2. The van der Waals surface area contributed by atoms with Crippen molar-refractivity contribution >= 4 is 32.0 Å². The smallest absolute Gasteiger partial charge is 0.187 e. The minimum absolute atomic E-state index is 0.265. The molecule has 0 atom stereocenters. The summed E-state index contributed by atoms with van der Waals surface area (Å²) >= 11 is 1.23. The summed E-state index contributed by atoms with van der Waals surface area (Å²) in [6.07, 6.45) is 2.87. The van der Waals surface area contributed by atoms with Gasteiger partial charge in [0.05, 0.1) is 12.0 Å². The third-order valence-electron chi connectivity index (χ3n) is 3.16. The summed E-state index contributed by atoms with van der Waals surface area (Å²) in [5.74, 6) is 0. The summed E-state index contributed by atoms with van der Waals surface area (Å²) < 4.78 is 31.0. The maximum atomic E-state index is 11.5. The van der Waals surface area contributed by atoms with Crippen LogP contribution in [0.25, 0.3) is 11.3 Å². The van der Waals surface area contributed by atoms with Crippen LogP contribution in [0.5, 0.6) is 0 Å². The summed E-state index contributed by atoms with van der Waals surface area (Å²) in [5, 5.41) is 4.04. The number of nitrogens with zero attached hydrogens (tertiary/aromatic N) is 2. The topological polar surface area (TPSA) is 72.0 Å². The van der Waals surface area contributed by atoms with Gasteiger partial charge >= 0.3 is 0 Å². The number of hydrogen-bond acceptors (Lipinski definition) is 6. The van der Waals surface area contributed by atoms with Gasteiger partial charge in [-0.05, 0) is 43.3 Å². The maximum absolute atomic E-state index is 11.5. The van der Waals surface area contributed by atoms with E-state index in [9.17, 15) is 8.42 Å². The van der Waals surface area contributed by atoms with Gasteiger partial charge in [0.2, 0.25) is 0 Å². The molecule has 5 nitrogen and oxygen atoms in total. The second-order valence-corrected chi connectivity index (χ2v) is 7.89. The molecule has 0 aliphatic rings. The maximum Gasteiger partial charge on any atom is 0.187 e. The summed E-state index contributed by atoms with van der Waals surface area (Å²) in [5.41, 5.74) is 3.03. The van der Waals surface area contributed by atoms with E-state index in [2.05, 4.69) is 15.3 Å². The zero-order valence-corrected chi connectivity index (χ0v) is 14.2. The number of rotatable bonds is 4. The molecular weight excluding hydrogens is 330 g/mol. The Kier molecular flexibility index (Phi) is 3.80. The molecule has 1 N–H and O–H groups in total. The molecule has 0 spiro atoms. The Morgan fingerprint density at radius 3 is 2.61 bits per heavy atom. The highest BCUT2D eigenvalue weighted by Crippen LogP contribution is 2.27. The summed E-state index contributed by atoms with van der Waals surface area (Å²) in [6, 6.07) is 10.2. The van der Waals surface area contributed by atoms with E-state index in [0.29, 0.717) is 21.9 Å². The molecule has 2 heterocycles. The molecule has 0 aliphatic heterocycles. The Morgan fingerprint density at radius 1 is 1.22 bits per heavy atom. The van der Waals surface area contributed by atoms with E-state index in [1.165, 1.54) is 17.6 Å². The zero-order valence-electron chi connectivity index (χ0n) is 13.6. The molecule has 0 fully saturated rings. The average molecular weight is 346 g/mol. The number of anilines is 2. The lowest BCUT2D eigenvalue weighted by molar-refractivity contribution is 0.602. The third-order valence-corrected chi connectivity index (χ3v) is 4.97. The van der Waals surface area contributed by atoms with Gasteiger partial charge in [-0.1, -0.05) is 0 Å². The van der Waals surface area contributed by atoms with E-state index in [4.69, 9.17) is 1.37 Å². The molecule has 23 heavy (non-hydrogen) atoms. The van der Waals surface area contributed by atoms with Gasteiger partial charge in [-0.3, -0.25) is 4.98 Å². The van der Waals surface area contributed by atoms with E-state index in [1.807, 2.05) is 19.1 Å². The van der Waals surface area contributed by atoms with Crippen molar-refractivity contribution in [1.82, 2.24) is 9.97 Å². The molecule has 0 radical (unpaired) electrons. The number of nitrogens with one attached hydrogen (secondary N) is 1. The summed E-state index contributed by atoms with van der Waals surface area (Å²) in [4.78, 5) is 8.87. The van der Waals surface area contributed by atoms with Crippen LogP contribution in [0.1, 0.15) is 7.06 Å². The Hall–Kier alpha value is -2.25. The molecule has 118 valence electrons. The van der Waals surface area contributed by atoms with Crippen molar-refractivity contribution in [2.45, 2.75) is 11.8 Å². The van der Waals surface area contributed by atoms with Crippen molar-refractivity contribution in [2.24, 2.45) is 0 Å². The third kappa shape index (κ3) is 3.75. The van der Waals surface area contributed by atoms with Gasteiger partial charge in [-0.15, -0.1) is 11.3 Å². The molecule has 0 amide bonds. The zero-order chi connectivity index (χ0) is 17.3. The molecule has 0 aliphatic carbocycles. The van der Waals surface area contributed by atoms with Crippen molar-refractivity contribution in [3.05, 3.63) is 53.6 Å². The van der Waals surface area contributed by atoms with Gasteiger partial charge in [0.15, 0.2) is 15.0 Å². The van der Waals surface area contributed by atoms with Gasteiger partial charge in [0, 0.05) is 34.8 Å². The molecular formula is C16H15N3O2S2. The summed E-state index contributed by atoms with van der Waals surface area (Å²) in [7, 11) is -3.21. The SMILES string of the molecule is [2H]c1sc(Nc2ccc(S(C)(=O)=O)cc2)nc1-c1ccnc(C)c1. The molecule has 3 rings (SSSR count). The fraction of sp³-hybridized carbons (Fsp3) is 0.125. The highest BCUT2D eigenvalue weighted by molar-refractivity contribution is 7.90. The monoisotopic (exact) mass is 346 g/mol. The molecule has 0 unspecified atom stereocenters. The Balaban J connectivity index is 1.85. The van der Waals surface area contributed by atoms with Crippen LogP contribution in [-0.2, 0) is 9.84 Å². The number of pyridine rings is 1. The first-order valence-corrected chi connectivity index (χ1v) is 9.51. The van der Waals surface area contributed by atoms with Crippen LogP contribution >= 0.6 is 11.3 Å². The molecule has 3 aromatic rings. The first-order valence-electron chi connectivity index (χ1n) is 7.30. The number of sulfone groups is 1. The normalized spacial score (nSPS) is 12.0. The van der Waals surface area contributed by atoms with Crippen molar-refractivity contribution in [1.29, 1.82) is 0 Å². The standard InChI is InChI=1S/C16H15N3O2S2/c1-11-9-12(7-8-17-11)15-10-22-16(19-15)18-13-3-5-14(6-4-13)23(2,20)21/h3-10H,1-2H3,(H,18,19)/i10D. The van der Waals surface area contributed by atoms with Crippen molar-refractivity contribution in [3.63, 3.8) is 0 Å². The highest BCUT2D eigenvalue weighted by Gasteiger charge is 2.08. The van der Waals surface area contributed by atoms with Crippen molar-refractivity contribution < 1.29 is 9.79 Å². The van der Waals surface area contributed by atoms with Gasteiger partial charge in [-0.2, -0.15) is 0 Å². The van der Waals surface area contributed by atoms with Crippen LogP contribution in [-0.4, -0.2) is 24.6 Å². The Labute approximate surface area is 140 Å².